The van der Waals surface area contributed by atoms with Crippen LogP contribution in [0.3, 0.4) is 0 Å². The van der Waals surface area contributed by atoms with E-state index in [9.17, 15) is 9.59 Å². The largest absolute Gasteiger partial charge is 0.337 e. The predicted molar refractivity (Wildman–Crippen MR) is 112 cm³/mol. The fraction of sp³-hybridized carbons (Fsp3) is 0.458. The number of carbonyl (C=O) groups excluding carboxylic acids is 2. The molecule has 2 aromatic rings. The van der Waals surface area contributed by atoms with Crippen molar-refractivity contribution in [2.75, 3.05) is 13.1 Å². The van der Waals surface area contributed by atoms with Crippen molar-refractivity contribution in [1.29, 1.82) is 0 Å². The van der Waals surface area contributed by atoms with Crippen molar-refractivity contribution >= 4 is 11.8 Å². The summed E-state index contributed by atoms with van der Waals surface area (Å²) in [7, 11) is 0. The van der Waals surface area contributed by atoms with Gasteiger partial charge in [0.15, 0.2) is 0 Å². The van der Waals surface area contributed by atoms with Gasteiger partial charge in [-0.15, -0.1) is 0 Å². The fourth-order valence-electron chi connectivity index (χ4n) is 5.06. The molecule has 0 saturated carbocycles. The van der Waals surface area contributed by atoms with Gasteiger partial charge in [0.25, 0.3) is 0 Å². The zero-order valence-electron chi connectivity index (χ0n) is 17.0. The van der Waals surface area contributed by atoms with Gasteiger partial charge in [0.1, 0.15) is 0 Å². The number of hydrogen-bond acceptors (Lipinski definition) is 3. The molecular formula is C24H29N3O2. The van der Waals surface area contributed by atoms with Gasteiger partial charge in [-0.3, -0.25) is 14.6 Å². The molecule has 0 N–H and O–H groups in total. The number of carbonyl (C=O) groups is 2. The Morgan fingerprint density at radius 2 is 1.86 bits per heavy atom. The van der Waals surface area contributed by atoms with Crippen LogP contribution < -0.4 is 0 Å². The van der Waals surface area contributed by atoms with Gasteiger partial charge >= 0.3 is 0 Å². The molecule has 0 aliphatic carbocycles. The summed E-state index contributed by atoms with van der Waals surface area (Å²) in [6.45, 7) is 3.10. The van der Waals surface area contributed by atoms with E-state index in [4.69, 9.17) is 0 Å². The number of amides is 2. The number of pyridine rings is 1. The summed E-state index contributed by atoms with van der Waals surface area (Å²) in [6, 6.07) is 14.3. The molecule has 0 bridgehead atoms. The maximum atomic E-state index is 13.4. The van der Waals surface area contributed by atoms with Crippen LogP contribution in [0.15, 0.2) is 54.9 Å². The van der Waals surface area contributed by atoms with Crippen molar-refractivity contribution in [2.24, 2.45) is 0 Å². The molecule has 5 heteroatoms. The normalized spacial score (nSPS) is 24.5. The average Bonchev–Trinajstić information content (AvgIpc) is 3.08. The summed E-state index contributed by atoms with van der Waals surface area (Å²) in [5.41, 5.74) is 2.15. The van der Waals surface area contributed by atoms with Crippen LogP contribution in [0.5, 0.6) is 0 Å². The topological polar surface area (TPSA) is 53.5 Å². The minimum Gasteiger partial charge on any atom is -0.337 e. The molecule has 2 fully saturated rings. The number of benzene rings is 1. The second kappa shape index (κ2) is 8.76. The number of nitrogens with zero attached hydrogens (tertiary/aromatic N) is 3. The summed E-state index contributed by atoms with van der Waals surface area (Å²) in [6.07, 6.45) is 8.04. The molecular weight excluding hydrogens is 362 g/mol. The quantitative estimate of drug-likeness (QED) is 0.806. The van der Waals surface area contributed by atoms with Gasteiger partial charge in [-0.05, 0) is 30.0 Å². The van der Waals surface area contributed by atoms with E-state index >= 15 is 0 Å². The van der Waals surface area contributed by atoms with E-state index in [-0.39, 0.29) is 29.8 Å². The lowest BCUT2D eigenvalue weighted by Gasteiger charge is -2.39. The van der Waals surface area contributed by atoms with Gasteiger partial charge in [-0.25, -0.2) is 0 Å². The van der Waals surface area contributed by atoms with Crippen LogP contribution in [0.2, 0.25) is 0 Å². The molecule has 2 aliphatic rings. The molecule has 0 radical (unpaired) electrons. The molecule has 3 atom stereocenters. The molecule has 2 saturated heterocycles. The molecule has 0 unspecified atom stereocenters. The van der Waals surface area contributed by atoms with Crippen LogP contribution in [0.1, 0.15) is 49.7 Å². The molecule has 152 valence electrons. The van der Waals surface area contributed by atoms with Gasteiger partial charge in [0.05, 0.1) is 18.5 Å². The number of fused-ring (bicyclic) bond motifs is 1. The van der Waals surface area contributed by atoms with Crippen molar-refractivity contribution in [3.05, 3.63) is 66.0 Å². The number of aromatic nitrogens is 1. The third kappa shape index (κ3) is 4.19. The minimum absolute atomic E-state index is 0.0331. The Hall–Kier alpha value is -2.69. The van der Waals surface area contributed by atoms with E-state index in [1.807, 2.05) is 35.2 Å². The zero-order valence-corrected chi connectivity index (χ0v) is 17.0. The Kier molecular flexibility index (Phi) is 5.93. The number of hydrogen-bond donors (Lipinski definition) is 0. The molecule has 5 nitrogen and oxygen atoms in total. The van der Waals surface area contributed by atoms with E-state index in [0.29, 0.717) is 13.0 Å². The third-order valence-corrected chi connectivity index (χ3v) is 6.39. The van der Waals surface area contributed by atoms with E-state index in [2.05, 4.69) is 22.0 Å². The fourth-order valence-corrected chi connectivity index (χ4v) is 5.06. The SMILES string of the molecule is CC(=O)N1C[C@@H](c2ccccc2)[C@H]2[C@H]1CCCCCN2C(=O)Cc1cccnc1. The van der Waals surface area contributed by atoms with Crippen molar-refractivity contribution in [3.8, 4) is 0 Å². The second-order valence-electron chi connectivity index (χ2n) is 8.22. The summed E-state index contributed by atoms with van der Waals surface area (Å²) in [5.74, 6) is 0.404. The lowest BCUT2D eigenvalue weighted by molar-refractivity contribution is -0.136. The van der Waals surface area contributed by atoms with E-state index in [0.717, 1.165) is 37.8 Å². The smallest absolute Gasteiger partial charge is 0.227 e. The summed E-state index contributed by atoms with van der Waals surface area (Å²) >= 11 is 0. The molecule has 4 rings (SSSR count). The summed E-state index contributed by atoms with van der Waals surface area (Å²) in [5, 5.41) is 0. The van der Waals surface area contributed by atoms with Crippen LogP contribution in [0, 0.1) is 0 Å². The molecule has 0 spiro atoms. The first-order valence-corrected chi connectivity index (χ1v) is 10.7. The Balaban J connectivity index is 1.68. The van der Waals surface area contributed by atoms with Crippen molar-refractivity contribution in [3.63, 3.8) is 0 Å². The van der Waals surface area contributed by atoms with Gasteiger partial charge in [-0.1, -0.05) is 49.2 Å². The van der Waals surface area contributed by atoms with E-state index < -0.39 is 0 Å². The monoisotopic (exact) mass is 391 g/mol. The van der Waals surface area contributed by atoms with Crippen molar-refractivity contribution in [1.82, 2.24) is 14.8 Å². The van der Waals surface area contributed by atoms with Crippen LogP contribution in [0.4, 0.5) is 0 Å². The van der Waals surface area contributed by atoms with Crippen LogP contribution in [-0.4, -0.2) is 51.8 Å². The third-order valence-electron chi connectivity index (χ3n) is 6.39. The number of rotatable bonds is 3. The average molecular weight is 392 g/mol. The highest BCUT2D eigenvalue weighted by molar-refractivity contribution is 5.80. The van der Waals surface area contributed by atoms with E-state index in [1.165, 1.54) is 5.56 Å². The summed E-state index contributed by atoms with van der Waals surface area (Å²) in [4.78, 5) is 34.1. The number of likely N-dealkylation sites (tertiary alicyclic amines) is 2. The van der Waals surface area contributed by atoms with Crippen LogP contribution in [-0.2, 0) is 16.0 Å². The van der Waals surface area contributed by atoms with Gasteiger partial charge < -0.3 is 9.80 Å². The standard InChI is InChI=1S/C24H29N3O2/c1-18(28)27-17-21(20-10-4-2-5-11-20)24-22(27)12-6-3-7-14-26(24)23(29)15-19-9-8-13-25-16-19/h2,4-5,8-11,13,16,21-22,24H,3,6-7,12,14-15,17H2,1H3/t21-,22+,24-/m0/s1. The molecule has 2 aliphatic heterocycles. The summed E-state index contributed by atoms with van der Waals surface area (Å²) < 4.78 is 0. The second-order valence-corrected chi connectivity index (χ2v) is 8.22. The molecule has 2 amide bonds. The lowest BCUT2D eigenvalue weighted by atomic mass is 9.86. The Morgan fingerprint density at radius 3 is 2.59 bits per heavy atom. The first-order chi connectivity index (χ1) is 14.1. The van der Waals surface area contributed by atoms with Gasteiger partial charge in [0, 0.05) is 38.3 Å². The van der Waals surface area contributed by atoms with Crippen LogP contribution >= 0.6 is 0 Å². The lowest BCUT2D eigenvalue weighted by Crippen LogP contribution is -2.51. The van der Waals surface area contributed by atoms with E-state index in [1.54, 1.807) is 19.3 Å². The first-order valence-electron chi connectivity index (χ1n) is 10.7. The highest BCUT2D eigenvalue weighted by atomic mass is 16.2. The highest BCUT2D eigenvalue weighted by Gasteiger charge is 2.47. The molecule has 29 heavy (non-hydrogen) atoms. The first kappa shape index (κ1) is 19.6. The van der Waals surface area contributed by atoms with Crippen molar-refractivity contribution in [2.45, 2.75) is 57.0 Å². The highest BCUT2D eigenvalue weighted by Crippen LogP contribution is 2.39. The van der Waals surface area contributed by atoms with Crippen molar-refractivity contribution < 1.29 is 9.59 Å². The Morgan fingerprint density at radius 1 is 1.03 bits per heavy atom. The van der Waals surface area contributed by atoms with Gasteiger partial charge in [-0.2, -0.15) is 0 Å². The van der Waals surface area contributed by atoms with Gasteiger partial charge in [0.2, 0.25) is 11.8 Å². The predicted octanol–water partition coefficient (Wildman–Crippen LogP) is 3.41. The zero-order chi connectivity index (χ0) is 20.2. The Labute approximate surface area is 172 Å². The van der Waals surface area contributed by atoms with Crippen LogP contribution in [0.25, 0.3) is 0 Å². The maximum absolute atomic E-state index is 13.4. The minimum atomic E-state index is 0.0331. The maximum Gasteiger partial charge on any atom is 0.227 e. The molecule has 1 aromatic carbocycles. The molecule has 1 aromatic heterocycles. The Bertz CT molecular complexity index is 840. The molecule has 3 heterocycles.